The van der Waals surface area contributed by atoms with Gasteiger partial charge in [-0.25, -0.2) is 13.1 Å². The van der Waals surface area contributed by atoms with Gasteiger partial charge in [-0.1, -0.05) is 12.1 Å². The number of hydrogen-bond donors (Lipinski definition) is 1. The van der Waals surface area contributed by atoms with Gasteiger partial charge in [0, 0.05) is 24.2 Å². The van der Waals surface area contributed by atoms with Crippen LogP contribution in [0, 0.1) is 0 Å². The number of ketones is 1. The van der Waals surface area contributed by atoms with Gasteiger partial charge >= 0.3 is 5.97 Å². The van der Waals surface area contributed by atoms with Gasteiger partial charge in [0.15, 0.2) is 12.4 Å². The lowest BCUT2D eigenvalue weighted by molar-refractivity contribution is -0.153. The number of carbonyl (C=O) groups excluding carboxylic acids is 3. The number of esters is 1. The molecule has 1 N–H and O–H groups in total. The lowest BCUT2D eigenvalue weighted by Crippen LogP contribution is -2.44. The Morgan fingerprint density at radius 2 is 1.71 bits per heavy atom. The third kappa shape index (κ3) is 7.05. The van der Waals surface area contributed by atoms with Gasteiger partial charge in [-0.05, 0) is 46.8 Å². The molecule has 0 unspecified atom stereocenters. The van der Waals surface area contributed by atoms with Gasteiger partial charge < -0.3 is 9.64 Å². The van der Waals surface area contributed by atoms with Crippen molar-refractivity contribution in [2.45, 2.75) is 58.0 Å². The van der Waals surface area contributed by atoms with Gasteiger partial charge in [-0.15, -0.1) is 0 Å². The van der Waals surface area contributed by atoms with E-state index in [0.717, 1.165) is 0 Å². The van der Waals surface area contributed by atoms with Crippen LogP contribution in [0.5, 0.6) is 0 Å². The second-order valence-electron chi connectivity index (χ2n) is 6.88. The van der Waals surface area contributed by atoms with Crippen LogP contribution in [0.25, 0.3) is 0 Å². The highest BCUT2D eigenvalue weighted by Gasteiger charge is 2.21. The van der Waals surface area contributed by atoms with E-state index in [-0.39, 0.29) is 53.8 Å². The van der Waals surface area contributed by atoms with Crippen LogP contribution in [0.15, 0.2) is 29.2 Å². The molecule has 0 aromatic heterocycles. The topological polar surface area (TPSA) is 110 Å². The van der Waals surface area contributed by atoms with E-state index < -0.39 is 16.0 Å². The van der Waals surface area contributed by atoms with Crippen molar-refractivity contribution in [1.29, 1.82) is 0 Å². The van der Waals surface area contributed by atoms with Crippen LogP contribution in [0.1, 0.15) is 51.4 Å². The van der Waals surface area contributed by atoms with Crippen molar-refractivity contribution in [3.8, 4) is 0 Å². The van der Waals surface area contributed by atoms with Crippen LogP contribution in [0.4, 0.5) is 0 Å². The van der Waals surface area contributed by atoms with E-state index in [1.807, 2.05) is 27.7 Å². The highest BCUT2D eigenvalue weighted by molar-refractivity contribution is 7.89. The number of carbonyl (C=O) groups is 3. The summed E-state index contributed by atoms with van der Waals surface area (Å²) in [5.74, 6) is -1.23. The Hall–Kier alpha value is -2.26. The first kappa shape index (κ1) is 23.8. The van der Waals surface area contributed by atoms with Gasteiger partial charge in [0.1, 0.15) is 0 Å². The molecular formula is C19H28N2O6S. The predicted molar refractivity (Wildman–Crippen MR) is 104 cm³/mol. The third-order valence-corrected chi connectivity index (χ3v) is 5.39. The Morgan fingerprint density at radius 3 is 2.25 bits per heavy atom. The zero-order valence-corrected chi connectivity index (χ0v) is 17.7. The lowest BCUT2D eigenvalue weighted by atomic mass is 10.2. The summed E-state index contributed by atoms with van der Waals surface area (Å²) < 4.78 is 31.7. The second kappa shape index (κ2) is 10.3. The summed E-state index contributed by atoms with van der Waals surface area (Å²) in [5, 5.41) is 0. The number of sulfonamides is 1. The number of nitrogens with one attached hydrogen (secondary N) is 1. The molecule has 0 spiro atoms. The van der Waals surface area contributed by atoms with E-state index in [1.54, 1.807) is 4.90 Å². The molecule has 0 fully saturated rings. The summed E-state index contributed by atoms with van der Waals surface area (Å²) in [6.07, 6.45) is -0.220. The van der Waals surface area contributed by atoms with Crippen LogP contribution in [-0.2, 0) is 24.3 Å². The van der Waals surface area contributed by atoms with Crippen molar-refractivity contribution in [3.05, 3.63) is 29.8 Å². The van der Waals surface area contributed by atoms with Gasteiger partial charge in [0.2, 0.25) is 10.0 Å². The first-order valence-corrected chi connectivity index (χ1v) is 10.5. The zero-order valence-electron chi connectivity index (χ0n) is 16.9. The molecule has 1 amide bonds. The van der Waals surface area contributed by atoms with Crippen LogP contribution in [0.2, 0.25) is 0 Å². The van der Waals surface area contributed by atoms with E-state index in [4.69, 9.17) is 4.74 Å². The van der Waals surface area contributed by atoms with Gasteiger partial charge in [0.25, 0.3) is 5.91 Å². The largest absolute Gasteiger partial charge is 0.456 e. The minimum atomic E-state index is -3.86. The average molecular weight is 413 g/mol. The molecule has 0 saturated carbocycles. The predicted octanol–water partition coefficient (Wildman–Crippen LogP) is 1.75. The number of ether oxygens (including phenoxy) is 1. The van der Waals surface area contributed by atoms with Crippen LogP contribution in [-0.4, -0.2) is 56.2 Å². The first-order valence-electron chi connectivity index (χ1n) is 9.03. The SMILES string of the molecule is CC(=O)c1cccc(S(=O)(=O)NCCC(=O)OCC(=O)N(C(C)C)C(C)C)c1. The molecule has 0 atom stereocenters. The molecule has 1 aromatic rings. The van der Waals surface area contributed by atoms with Crippen molar-refractivity contribution in [1.82, 2.24) is 9.62 Å². The maximum absolute atomic E-state index is 12.3. The number of Topliss-reactive ketones (excluding diaryl/α,β-unsaturated/α-hetero) is 1. The normalized spacial score (nSPS) is 11.5. The third-order valence-electron chi connectivity index (χ3n) is 3.93. The molecule has 0 aliphatic carbocycles. The molecule has 0 radical (unpaired) electrons. The van der Waals surface area contributed by atoms with Crippen LogP contribution < -0.4 is 4.72 Å². The molecule has 8 nitrogen and oxygen atoms in total. The van der Waals surface area contributed by atoms with E-state index in [9.17, 15) is 22.8 Å². The van der Waals surface area contributed by atoms with Crippen LogP contribution in [0.3, 0.4) is 0 Å². The quantitative estimate of drug-likeness (QED) is 0.463. The zero-order chi connectivity index (χ0) is 21.5. The van der Waals surface area contributed by atoms with Crippen LogP contribution >= 0.6 is 0 Å². The molecule has 28 heavy (non-hydrogen) atoms. The van der Waals surface area contributed by atoms with Gasteiger partial charge in [-0.3, -0.25) is 14.4 Å². The molecular weight excluding hydrogens is 384 g/mol. The van der Waals surface area contributed by atoms with E-state index in [0.29, 0.717) is 0 Å². The Kier molecular flexibility index (Phi) is 8.77. The van der Waals surface area contributed by atoms with Gasteiger partial charge in [-0.2, -0.15) is 0 Å². The summed E-state index contributed by atoms with van der Waals surface area (Å²) in [5.41, 5.74) is 0.278. The number of nitrogens with zero attached hydrogens (tertiary/aromatic N) is 1. The maximum Gasteiger partial charge on any atom is 0.307 e. The molecule has 0 heterocycles. The second-order valence-corrected chi connectivity index (χ2v) is 8.65. The highest BCUT2D eigenvalue weighted by Crippen LogP contribution is 2.12. The smallest absolute Gasteiger partial charge is 0.307 e. The van der Waals surface area contributed by atoms with Crippen molar-refractivity contribution in [2.24, 2.45) is 0 Å². The monoisotopic (exact) mass is 412 g/mol. The fourth-order valence-electron chi connectivity index (χ4n) is 2.71. The fourth-order valence-corrected chi connectivity index (χ4v) is 3.79. The number of amides is 1. The highest BCUT2D eigenvalue weighted by atomic mass is 32.2. The molecule has 1 rings (SSSR count). The number of rotatable bonds is 10. The van der Waals surface area contributed by atoms with E-state index >= 15 is 0 Å². The standard InChI is InChI=1S/C19H28N2O6S/c1-13(2)21(14(3)4)18(23)12-27-19(24)9-10-20-28(25,26)17-8-6-7-16(11-17)15(5)22/h6-8,11,13-14,20H,9-10,12H2,1-5H3. The Balaban J connectivity index is 2.54. The number of hydrogen-bond acceptors (Lipinski definition) is 6. The summed E-state index contributed by atoms with van der Waals surface area (Å²) in [4.78, 5) is 36.9. The molecule has 1 aromatic carbocycles. The summed E-state index contributed by atoms with van der Waals surface area (Å²) >= 11 is 0. The van der Waals surface area contributed by atoms with Crippen molar-refractivity contribution >= 4 is 27.7 Å². The van der Waals surface area contributed by atoms with E-state index in [1.165, 1.54) is 31.2 Å². The average Bonchev–Trinajstić information content (AvgIpc) is 2.59. The van der Waals surface area contributed by atoms with Crippen molar-refractivity contribution < 1.29 is 27.5 Å². The molecule has 0 aliphatic heterocycles. The summed E-state index contributed by atoms with van der Waals surface area (Å²) in [6, 6.07) is 5.58. The molecule has 0 aliphatic rings. The molecule has 156 valence electrons. The molecule has 9 heteroatoms. The Morgan fingerprint density at radius 1 is 1.11 bits per heavy atom. The van der Waals surface area contributed by atoms with E-state index in [2.05, 4.69) is 4.72 Å². The maximum atomic E-state index is 12.3. The Bertz CT molecular complexity index is 809. The Labute approximate surface area is 166 Å². The van der Waals surface area contributed by atoms with Gasteiger partial charge in [0.05, 0.1) is 11.3 Å². The summed E-state index contributed by atoms with van der Waals surface area (Å²) in [6.45, 7) is 8.26. The van der Waals surface area contributed by atoms with Crippen molar-refractivity contribution in [2.75, 3.05) is 13.2 Å². The first-order chi connectivity index (χ1) is 13.0. The summed E-state index contributed by atoms with van der Waals surface area (Å²) in [7, 11) is -3.86. The number of benzene rings is 1. The molecule has 0 saturated heterocycles. The minimum Gasteiger partial charge on any atom is -0.456 e. The van der Waals surface area contributed by atoms with Crippen molar-refractivity contribution in [3.63, 3.8) is 0 Å². The molecule has 0 bridgehead atoms. The lowest BCUT2D eigenvalue weighted by Gasteiger charge is -2.30. The fraction of sp³-hybridized carbons (Fsp3) is 0.526. The minimum absolute atomic E-state index is 0.0243.